The summed E-state index contributed by atoms with van der Waals surface area (Å²) in [6.07, 6.45) is 7.15. The average Bonchev–Trinajstić information content (AvgIpc) is 2.63. The molecule has 1 N–H and O–H groups in total. The van der Waals surface area contributed by atoms with Crippen LogP contribution < -0.4 is 5.32 Å². The SMILES string of the molecule is C=CCCCNCCN1CCCC1. The van der Waals surface area contributed by atoms with Gasteiger partial charge < -0.3 is 10.2 Å². The normalized spacial score (nSPS) is 17.8. The fourth-order valence-electron chi connectivity index (χ4n) is 1.74. The number of allylic oxidation sites excluding steroid dienone is 1. The predicted octanol–water partition coefficient (Wildman–Crippen LogP) is 1.64. The summed E-state index contributed by atoms with van der Waals surface area (Å²) < 4.78 is 0. The van der Waals surface area contributed by atoms with E-state index in [2.05, 4.69) is 16.8 Å². The number of rotatable bonds is 7. The largest absolute Gasteiger partial charge is 0.315 e. The molecule has 2 heteroatoms. The third-order valence-corrected chi connectivity index (χ3v) is 2.57. The Labute approximate surface area is 82.0 Å². The van der Waals surface area contributed by atoms with Gasteiger partial charge in [0.25, 0.3) is 0 Å². The van der Waals surface area contributed by atoms with Crippen LogP contribution >= 0.6 is 0 Å². The van der Waals surface area contributed by atoms with E-state index >= 15 is 0 Å². The van der Waals surface area contributed by atoms with Gasteiger partial charge in [0.2, 0.25) is 0 Å². The molecule has 1 aliphatic heterocycles. The Kier molecular flexibility index (Phi) is 5.87. The van der Waals surface area contributed by atoms with Crippen molar-refractivity contribution in [2.75, 3.05) is 32.7 Å². The van der Waals surface area contributed by atoms with Crippen LogP contribution in [0.2, 0.25) is 0 Å². The lowest BCUT2D eigenvalue weighted by Crippen LogP contribution is -2.30. The van der Waals surface area contributed by atoms with E-state index in [9.17, 15) is 0 Å². The molecule has 0 atom stereocenters. The van der Waals surface area contributed by atoms with Crippen LogP contribution in [0.4, 0.5) is 0 Å². The monoisotopic (exact) mass is 182 g/mol. The summed E-state index contributed by atoms with van der Waals surface area (Å²) in [5, 5.41) is 3.46. The maximum absolute atomic E-state index is 3.71. The first-order valence-corrected chi connectivity index (χ1v) is 5.47. The molecule has 0 aromatic heterocycles. The van der Waals surface area contributed by atoms with E-state index in [0.717, 1.165) is 19.5 Å². The van der Waals surface area contributed by atoms with Crippen LogP contribution in [0.3, 0.4) is 0 Å². The lowest BCUT2D eigenvalue weighted by molar-refractivity contribution is 0.336. The number of unbranched alkanes of at least 4 members (excludes halogenated alkanes) is 1. The number of hydrogen-bond donors (Lipinski definition) is 1. The fraction of sp³-hybridized carbons (Fsp3) is 0.818. The second-order valence-corrected chi connectivity index (χ2v) is 3.73. The summed E-state index contributed by atoms with van der Waals surface area (Å²) in [6, 6.07) is 0. The third-order valence-electron chi connectivity index (χ3n) is 2.57. The van der Waals surface area contributed by atoms with Crippen LogP contribution in [-0.4, -0.2) is 37.6 Å². The van der Waals surface area contributed by atoms with Gasteiger partial charge in [-0.15, -0.1) is 6.58 Å². The second kappa shape index (κ2) is 7.10. The third kappa shape index (κ3) is 5.06. The van der Waals surface area contributed by atoms with Gasteiger partial charge in [0.1, 0.15) is 0 Å². The molecule has 1 rings (SSSR count). The van der Waals surface area contributed by atoms with Crippen molar-refractivity contribution in [3.63, 3.8) is 0 Å². The van der Waals surface area contributed by atoms with Gasteiger partial charge in [-0.05, 0) is 45.3 Å². The van der Waals surface area contributed by atoms with E-state index in [0.29, 0.717) is 0 Å². The maximum atomic E-state index is 3.71. The Hall–Kier alpha value is -0.340. The van der Waals surface area contributed by atoms with Crippen LogP contribution in [-0.2, 0) is 0 Å². The highest BCUT2D eigenvalue weighted by molar-refractivity contribution is 4.68. The van der Waals surface area contributed by atoms with Crippen LogP contribution in [0.1, 0.15) is 25.7 Å². The first-order valence-electron chi connectivity index (χ1n) is 5.47. The van der Waals surface area contributed by atoms with Crippen LogP contribution in [0.5, 0.6) is 0 Å². The highest BCUT2D eigenvalue weighted by atomic mass is 15.1. The lowest BCUT2D eigenvalue weighted by atomic mass is 10.3. The minimum atomic E-state index is 1.14. The van der Waals surface area contributed by atoms with E-state index < -0.39 is 0 Å². The maximum Gasteiger partial charge on any atom is 0.0107 e. The van der Waals surface area contributed by atoms with Gasteiger partial charge in [0.05, 0.1) is 0 Å². The van der Waals surface area contributed by atoms with Gasteiger partial charge in [-0.2, -0.15) is 0 Å². The van der Waals surface area contributed by atoms with E-state index in [4.69, 9.17) is 0 Å². The molecule has 0 saturated carbocycles. The Morgan fingerprint density at radius 3 is 2.69 bits per heavy atom. The van der Waals surface area contributed by atoms with Gasteiger partial charge in [-0.3, -0.25) is 0 Å². The molecule has 2 nitrogen and oxygen atoms in total. The zero-order valence-electron chi connectivity index (χ0n) is 8.60. The Bertz CT molecular complexity index is 128. The summed E-state index contributed by atoms with van der Waals surface area (Å²) in [5.74, 6) is 0. The fourth-order valence-corrected chi connectivity index (χ4v) is 1.74. The average molecular weight is 182 g/mol. The topological polar surface area (TPSA) is 15.3 Å². The minimum absolute atomic E-state index is 1.14. The van der Waals surface area contributed by atoms with Gasteiger partial charge >= 0.3 is 0 Å². The zero-order chi connectivity index (χ0) is 9.36. The van der Waals surface area contributed by atoms with Crippen LogP contribution in [0, 0.1) is 0 Å². The molecule has 0 unspecified atom stereocenters. The smallest absolute Gasteiger partial charge is 0.0107 e. The summed E-state index contributed by atoms with van der Waals surface area (Å²) in [7, 11) is 0. The highest BCUT2D eigenvalue weighted by Crippen LogP contribution is 2.05. The van der Waals surface area contributed by atoms with Gasteiger partial charge in [-0.1, -0.05) is 6.08 Å². The Balaban J connectivity index is 1.80. The Morgan fingerprint density at radius 2 is 2.00 bits per heavy atom. The molecular formula is C11H22N2. The number of nitrogens with one attached hydrogen (secondary N) is 1. The molecule has 1 heterocycles. The van der Waals surface area contributed by atoms with Crippen molar-refractivity contribution < 1.29 is 0 Å². The molecule has 1 saturated heterocycles. The van der Waals surface area contributed by atoms with Crippen molar-refractivity contribution in [1.82, 2.24) is 10.2 Å². The van der Waals surface area contributed by atoms with E-state index in [1.807, 2.05) is 6.08 Å². The standard InChI is InChI=1S/C11H22N2/c1-2-3-4-7-12-8-11-13-9-5-6-10-13/h2,12H,1,3-11H2. The molecule has 0 aromatic carbocycles. The molecule has 0 aliphatic carbocycles. The zero-order valence-corrected chi connectivity index (χ0v) is 8.60. The minimum Gasteiger partial charge on any atom is -0.315 e. The van der Waals surface area contributed by atoms with Gasteiger partial charge in [0.15, 0.2) is 0 Å². The van der Waals surface area contributed by atoms with E-state index in [-0.39, 0.29) is 0 Å². The first kappa shape index (κ1) is 10.7. The molecule has 0 aromatic rings. The quantitative estimate of drug-likeness (QED) is 0.475. The van der Waals surface area contributed by atoms with Crippen molar-refractivity contribution in [2.45, 2.75) is 25.7 Å². The number of likely N-dealkylation sites (tertiary alicyclic amines) is 1. The summed E-state index contributed by atoms with van der Waals surface area (Å²) in [4.78, 5) is 2.54. The molecule has 0 radical (unpaired) electrons. The number of hydrogen-bond acceptors (Lipinski definition) is 2. The molecular weight excluding hydrogens is 160 g/mol. The first-order chi connectivity index (χ1) is 6.43. The van der Waals surface area contributed by atoms with E-state index in [1.165, 1.54) is 38.9 Å². The molecule has 13 heavy (non-hydrogen) atoms. The molecule has 76 valence electrons. The molecule has 0 spiro atoms. The van der Waals surface area contributed by atoms with Crippen molar-refractivity contribution in [3.8, 4) is 0 Å². The van der Waals surface area contributed by atoms with Crippen LogP contribution in [0.15, 0.2) is 12.7 Å². The Morgan fingerprint density at radius 1 is 1.23 bits per heavy atom. The van der Waals surface area contributed by atoms with Gasteiger partial charge in [0, 0.05) is 13.1 Å². The van der Waals surface area contributed by atoms with Crippen molar-refractivity contribution in [1.29, 1.82) is 0 Å². The van der Waals surface area contributed by atoms with E-state index in [1.54, 1.807) is 0 Å². The summed E-state index contributed by atoms with van der Waals surface area (Å²) in [6.45, 7) is 9.85. The van der Waals surface area contributed by atoms with Crippen LogP contribution in [0.25, 0.3) is 0 Å². The molecule has 0 amide bonds. The second-order valence-electron chi connectivity index (χ2n) is 3.73. The lowest BCUT2D eigenvalue weighted by Gasteiger charge is -2.14. The number of nitrogens with zero attached hydrogens (tertiary/aromatic N) is 1. The highest BCUT2D eigenvalue weighted by Gasteiger charge is 2.09. The van der Waals surface area contributed by atoms with Gasteiger partial charge in [-0.25, -0.2) is 0 Å². The summed E-state index contributed by atoms with van der Waals surface area (Å²) in [5.41, 5.74) is 0. The molecule has 1 aliphatic rings. The van der Waals surface area contributed by atoms with Crippen molar-refractivity contribution in [2.24, 2.45) is 0 Å². The predicted molar refractivity (Wildman–Crippen MR) is 58.0 cm³/mol. The molecule has 1 fully saturated rings. The summed E-state index contributed by atoms with van der Waals surface area (Å²) >= 11 is 0. The van der Waals surface area contributed by atoms with Crippen molar-refractivity contribution in [3.05, 3.63) is 12.7 Å². The molecule has 0 bridgehead atoms. The van der Waals surface area contributed by atoms with Crippen molar-refractivity contribution >= 4 is 0 Å².